The Morgan fingerprint density at radius 1 is 0.692 bits per heavy atom. The van der Waals surface area contributed by atoms with Crippen molar-refractivity contribution in [3.8, 4) is 22.5 Å². The Hall–Kier alpha value is -6.15. The van der Waals surface area contributed by atoms with Gasteiger partial charge < -0.3 is 4.74 Å². The molecule has 5 aromatic carbocycles. The molecular weight excluding hydrogens is 645 g/mol. The van der Waals surface area contributed by atoms with Crippen LogP contribution in [0.5, 0.6) is 0 Å². The van der Waals surface area contributed by atoms with Crippen LogP contribution in [0.15, 0.2) is 140 Å². The molecule has 0 spiro atoms. The number of methoxy groups -OCH3 is 1. The van der Waals surface area contributed by atoms with Crippen LogP contribution in [0.2, 0.25) is 0 Å². The van der Waals surface area contributed by atoms with Crippen molar-refractivity contribution in [2.75, 3.05) is 7.11 Å². The van der Waals surface area contributed by atoms with Crippen LogP contribution in [0.3, 0.4) is 0 Å². The van der Waals surface area contributed by atoms with Gasteiger partial charge in [0.05, 0.1) is 18.5 Å². The molecule has 0 aliphatic rings. The fourth-order valence-electron chi connectivity index (χ4n) is 7.08. The minimum Gasteiger partial charge on any atom is -0.465 e. The average Bonchev–Trinajstić information content (AvgIpc) is 3.84. The maximum atomic E-state index is 12.9. The van der Waals surface area contributed by atoms with Crippen LogP contribution in [-0.2, 0) is 29.7 Å². The number of esters is 1. The van der Waals surface area contributed by atoms with E-state index in [-0.39, 0.29) is 5.97 Å². The second kappa shape index (κ2) is 15.4. The van der Waals surface area contributed by atoms with E-state index in [4.69, 9.17) is 25.2 Å². The lowest BCUT2D eigenvalue weighted by atomic mass is 9.77. The summed E-state index contributed by atoms with van der Waals surface area (Å²) in [5, 5.41) is 19.5. The quantitative estimate of drug-likeness (QED) is 0.0891. The summed E-state index contributed by atoms with van der Waals surface area (Å²) in [4.78, 5) is 14.7. The van der Waals surface area contributed by atoms with Gasteiger partial charge >= 0.3 is 5.97 Å². The molecule has 8 nitrogen and oxygen atoms in total. The van der Waals surface area contributed by atoms with Gasteiger partial charge in [-0.05, 0) is 51.4 Å². The number of hydrogen-bond donors (Lipinski definition) is 0. The van der Waals surface area contributed by atoms with Gasteiger partial charge in [0, 0.05) is 18.5 Å². The van der Waals surface area contributed by atoms with Crippen molar-refractivity contribution in [2.45, 2.75) is 51.6 Å². The second-order valence-corrected chi connectivity index (χ2v) is 12.8. The van der Waals surface area contributed by atoms with E-state index in [2.05, 4.69) is 73.7 Å². The maximum absolute atomic E-state index is 12.9. The largest absolute Gasteiger partial charge is 0.465 e. The lowest BCUT2D eigenvalue weighted by molar-refractivity contribution is 0.0598. The highest BCUT2D eigenvalue weighted by atomic mass is 16.5. The van der Waals surface area contributed by atoms with E-state index in [0.717, 1.165) is 69.7 Å². The molecule has 0 atom stereocenters. The molecule has 0 fully saturated rings. The Labute approximate surface area is 304 Å². The summed E-state index contributed by atoms with van der Waals surface area (Å²) in [6.07, 6.45) is 3.25. The van der Waals surface area contributed by atoms with E-state index in [0.29, 0.717) is 24.2 Å². The molecule has 0 aliphatic carbocycles. The highest BCUT2D eigenvalue weighted by Gasteiger charge is 2.41. The number of ether oxygens (including phenoxy) is 1. The lowest BCUT2D eigenvalue weighted by Crippen LogP contribution is -2.39. The fraction of sp³-hybridized carbons (Fsp3) is 0.205. The third-order valence-corrected chi connectivity index (χ3v) is 9.67. The van der Waals surface area contributed by atoms with Gasteiger partial charge in [0.25, 0.3) is 0 Å². The van der Waals surface area contributed by atoms with Gasteiger partial charge in [-0.1, -0.05) is 160 Å². The standard InChI is InChI=1S/C44H42N6O2/c1-4-6-30-49-40(41(43(51)52-3)39(5-2)46-49)31-32-26-28-33(29-27-32)37-24-16-17-25-38(37)42-45-48-50(47-42)44(34-18-10-7-11-19-34,35-20-12-8-13-21-35)36-22-14-9-15-23-36/h7-29H,4-6,30-31H2,1-3H3. The molecule has 0 bridgehead atoms. The average molecular weight is 687 g/mol. The van der Waals surface area contributed by atoms with Crippen LogP contribution in [0.25, 0.3) is 22.5 Å². The van der Waals surface area contributed by atoms with Gasteiger partial charge in [0.2, 0.25) is 5.82 Å². The summed E-state index contributed by atoms with van der Waals surface area (Å²) >= 11 is 0. The summed E-state index contributed by atoms with van der Waals surface area (Å²) in [7, 11) is 1.43. The van der Waals surface area contributed by atoms with Crippen molar-refractivity contribution in [3.63, 3.8) is 0 Å². The highest BCUT2D eigenvalue weighted by molar-refractivity contribution is 5.92. The molecule has 0 N–H and O–H groups in total. The highest BCUT2D eigenvalue weighted by Crippen LogP contribution is 2.40. The molecule has 0 amide bonds. The van der Waals surface area contributed by atoms with Gasteiger partial charge in [0.1, 0.15) is 5.56 Å². The first-order valence-electron chi connectivity index (χ1n) is 17.9. The summed E-state index contributed by atoms with van der Waals surface area (Å²) in [5.41, 5.74) is 8.44. The van der Waals surface area contributed by atoms with Gasteiger partial charge in [0.15, 0.2) is 5.54 Å². The Kier molecular flexibility index (Phi) is 10.2. The predicted molar refractivity (Wildman–Crippen MR) is 204 cm³/mol. The van der Waals surface area contributed by atoms with E-state index < -0.39 is 5.54 Å². The first kappa shape index (κ1) is 34.3. The molecule has 0 radical (unpaired) electrons. The monoisotopic (exact) mass is 686 g/mol. The molecule has 7 rings (SSSR count). The topological polar surface area (TPSA) is 87.7 Å². The molecule has 2 aromatic heterocycles. The van der Waals surface area contributed by atoms with Crippen LogP contribution in [0, 0.1) is 0 Å². The third-order valence-electron chi connectivity index (χ3n) is 9.67. The van der Waals surface area contributed by atoms with Crippen molar-refractivity contribution in [1.82, 2.24) is 30.0 Å². The SMILES string of the molecule is CCCCn1nc(CC)c(C(=O)OC)c1Cc1ccc(-c2ccccc2-c2nnn(C(c3ccccc3)(c3ccccc3)c3ccccc3)n2)cc1. The molecule has 0 saturated heterocycles. The molecule has 52 heavy (non-hydrogen) atoms. The minimum atomic E-state index is -0.865. The van der Waals surface area contributed by atoms with Crippen molar-refractivity contribution in [2.24, 2.45) is 0 Å². The number of benzene rings is 5. The lowest BCUT2D eigenvalue weighted by Gasteiger charge is -2.34. The second-order valence-electron chi connectivity index (χ2n) is 12.8. The molecule has 0 aliphatic heterocycles. The number of nitrogens with zero attached hydrogens (tertiary/aromatic N) is 6. The fourth-order valence-corrected chi connectivity index (χ4v) is 7.08. The van der Waals surface area contributed by atoms with Crippen molar-refractivity contribution < 1.29 is 9.53 Å². The Morgan fingerprint density at radius 3 is 1.79 bits per heavy atom. The summed E-state index contributed by atoms with van der Waals surface area (Å²) in [5.74, 6) is 0.193. The Bertz CT molecular complexity index is 2150. The van der Waals surface area contributed by atoms with E-state index in [1.165, 1.54) is 7.11 Å². The molecular formula is C44H42N6O2. The predicted octanol–water partition coefficient (Wildman–Crippen LogP) is 8.78. The zero-order valence-electron chi connectivity index (χ0n) is 29.8. The number of aromatic nitrogens is 6. The molecule has 8 heteroatoms. The minimum absolute atomic E-state index is 0.337. The number of rotatable bonds is 13. The van der Waals surface area contributed by atoms with Gasteiger partial charge in [-0.2, -0.15) is 5.10 Å². The molecule has 0 saturated carbocycles. The van der Waals surface area contributed by atoms with Crippen molar-refractivity contribution in [3.05, 3.63) is 179 Å². The first-order valence-corrected chi connectivity index (χ1v) is 17.9. The number of tetrazole rings is 1. The van der Waals surface area contributed by atoms with Crippen LogP contribution in [0.1, 0.15) is 70.7 Å². The number of aryl methyl sites for hydroxylation is 2. The normalized spacial score (nSPS) is 11.4. The summed E-state index contributed by atoms with van der Waals surface area (Å²) in [6, 6.07) is 47.7. The maximum Gasteiger partial charge on any atom is 0.341 e. The van der Waals surface area contributed by atoms with Crippen LogP contribution >= 0.6 is 0 Å². The van der Waals surface area contributed by atoms with Crippen LogP contribution in [0.4, 0.5) is 0 Å². The van der Waals surface area contributed by atoms with Gasteiger partial charge in [-0.3, -0.25) is 4.68 Å². The zero-order valence-corrected chi connectivity index (χ0v) is 29.8. The molecule has 0 unspecified atom stereocenters. The van der Waals surface area contributed by atoms with Gasteiger partial charge in [-0.25, -0.2) is 4.79 Å². The Balaban J connectivity index is 1.27. The smallest absolute Gasteiger partial charge is 0.341 e. The zero-order chi connectivity index (χ0) is 35.9. The third kappa shape index (κ3) is 6.44. The van der Waals surface area contributed by atoms with E-state index in [1.807, 2.05) is 84.4 Å². The van der Waals surface area contributed by atoms with Crippen molar-refractivity contribution in [1.29, 1.82) is 0 Å². The molecule has 7 aromatic rings. The van der Waals surface area contributed by atoms with E-state index in [1.54, 1.807) is 4.80 Å². The van der Waals surface area contributed by atoms with E-state index in [9.17, 15) is 4.79 Å². The molecule has 260 valence electrons. The van der Waals surface area contributed by atoms with Crippen LogP contribution < -0.4 is 0 Å². The number of unbranched alkanes of at least 4 members (excludes halogenated alkanes) is 1. The number of carbonyl (C=O) groups is 1. The van der Waals surface area contributed by atoms with Crippen LogP contribution in [-0.4, -0.2) is 43.1 Å². The Morgan fingerprint density at radius 2 is 1.25 bits per heavy atom. The summed E-state index contributed by atoms with van der Waals surface area (Å²) in [6.45, 7) is 4.94. The summed E-state index contributed by atoms with van der Waals surface area (Å²) < 4.78 is 7.19. The number of carbonyl (C=O) groups excluding carboxylic acids is 1. The van der Waals surface area contributed by atoms with E-state index >= 15 is 0 Å². The number of hydrogen-bond acceptors (Lipinski definition) is 6. The van der Waals surface area contributed by atoms with Gasteiger partial charge in [-0.15, -0.1) is 15.0 Å². The first-order chi connectivity index (χ1) is 25.6. The van der Waals surface area contributed by atoms with Crippen molar-refractivity contribution >= 4 is 5.97 Å². The molecule has 2 heterocycles.